The summed E-state index contributed by atoms with van der Waals surface area (Å²) in [7, 11) is 0. The summed E-state index contributed by atoms with van der Waals surface area (Å²) >= 11 is 3.35. The molecule has 0 saturated carbocycles. The Morgan fingerprint density at radius 1 is 1.55 bits per heavy atom. The van der Waals surface area contributed by atoms with Gasteiger partial charge in [0.25, 0.3) is 4.34 Å². The van der Waals surface area contributed by atoms with Gasteiger partial charge in [-0.3, -0.25) is 0 Å². The fraction of sp³-hybridized carbons (Fsp3) is 0.143. The third-order valence-electron chi connectivity index (χ3n) is 1.36. The van der Waals surface area contributed by atoms with Crippen LogP contribution in [0.2, 0.25) is 0 Å². The van der Waals surface area contributed by atoms with Crippen LogP contribution in [0.1, 0.15) is 0 Å². The van der Waals surface area contributed by atoms with Gasteiger partial charge in [0, 0.05) is 6.07 Å². The molecule has 0 aromatic carbocycles. The van der Waals surface area contributed by atoms with Crippen LogP contribution in [0.5, 0.6) is 0 Å². The Balaban J connectivity index is 2.69. The zero-order chi connectivity index (χ0) is 7.68. The minimum absolute atomic E-state index is 1.03. The van der Waals surface area contributed by atoms with Gasteiger partial charge >= 0.3 is 5.65 Å². The lowest BCUT2D eigenvalue weighted by Gasteiger charge is -1.74. The number of hydrogen-bond donors (Lipinski definition) is 0. The predicted octanol–water partition coefficient (Wildman–Crippen LogP) is 1.60. The van der Waals surface area contributed by atoms with E-state index in [4.69, 9.17) is 0 Å². The standard InChI is InChI=1S/C7H7N2S2/c1-10-7-8-6-4-2-3-5-9(6)11-7/h2-5H,1H3/q+1. The Morgan fingerprint density at radius 2 is 2.45 bits per heavy atom. The average Bonchev–Trinajstić information content (AvgIpc) is 2.46. The minimum atomic E-state index is 1.03. The number of hydrogen-bond acceptors (Lipinski definition) is 3. The van der Waals surface area contributed by atoms with Gasteiger partial charge in [0.05, 0.1) is 0 Å². The maximum absolute atomic E-state index is 4.38. The summed E-state index contributed by atoms with van der Waals surface area (Å²) in [5.74, 6) is 0. The number of pyridine rings is 1. The summed E-state index contributed by atoms with van der Waals surface area (Å²) in [6.07, 6.45) is 4.06. The second kappa shape index (κ2) is 2.79. The Bertz CT molecular complexity index is 336. The van der Waals surface area contributed by atoms with Gasteiger partial charge in [0.2, 0.25) is 0 Å². The lowest BCUT2D eigenvalue weighted by Crippen LogP contribution is -2.12. The Morgan fingerprint density at radius 3 is 3.18 bits per heavy atom. The molecule has 0 bridgehead atoms. The molecular formula is C7H7N2S2+. The maximum atomic E-state index is 4.38. The zero-order valence-electron chi connectivity index (χ0n) is 6.02. The van der Waals surface area contributed by atoms with Crippen molar-refractivity contribution >= 4 is 28.9 Å². The lowest BCUT2D eigenvalue weighted by atomic mass is 10.5. The quantitative estimate of drug-likeness (QED) is 0.493. The Kier molecular flexibility index (Phi) is 1.79. The van der Waals surface area contributed by atoms with E-state index in [-0.39, 0.29) is 0 Å². The highest BCUT2D eigenvalue weighted by molar-refractivity contribution is 8.00. The van der Waals surface area contributed by atoms with E-state index in [2.05, 4.69) is 8.77 Å². The topological polar surface area (TPSA) is 17.0 Å². The van der Waals surface area contributed by atoms with Crippen molar-refractivity contribution in [3.05, 3.63) is 24.4 Å². The second-order valence-corrected chi connectivity index (χ2v) is 4.07. The summed E-state index contributed by atoms with van der Waals surface area (Å²) in [6, 6.07) is 6.02. The number of thioether (sulfide) groups is 1. The molecule has 0 atom stereocenters. The third kappa shape index (κ3) is 1.23. The Labute approximate surface area is 73.0 Å². The van der Waals surface area contributed by atoms with Crippen molar-refractivity contribution < 1.29 is 3.79 Å². The van der Waals surface area contributed by atoms with Gasteiger partial charge in [-0.1, -0.05) is 17.8 Å². The smallest absolute Gasteiger partial charge is 0.139 e. The molecular weight excluding hydrogens is 176 g/mol. The van der Waals surface area contributed by atoms with Crippen LogP contribution in [-0.4, -0.2) is 11.2 Å². The van der Waals surface area contributed by atoms with Crippen molar-refractivity contribution in [2.45, 2.75) is 4.34 Å². The van der Waals surface area contributed by atoms with Gasteiger partial charge in [0.1, 0.15) is 17.7 Å². The van der Waals surface area contributed by atoms with Crippen molar-refractivity contribution in [2.24, 2.45) is 0 Å². The molecule has 0 aliphatic carbocycles. The molecule has 4 heteroatoms. The summed E-state index contributed by atoms with van der Waals surface area (Å²) < 4.78 is 3.17. The molecule has 11 heavy (non-hydrogen) atoms. The fourth-order valence-corrected chi connectivity index (χ4v) is 2.22. The molecule has 2 nitrogen and oxygen atoms in total. The highest BCUT2D eigenvalue weighted by Crippen LogP contribution is 2.15. The molecule has 0 radical (unpaired) electrons. The summed E-state index contributed by atoms with van der Waals surface area (Å²) in [6.45, 7) is 0. The SMILES string of the molecule is CSc1nc2cccc[n+]2s1. The molecule has 0 amide bonds. The van der Waals surface area contributed by atoms with Crippen LogP contribution < -0.4 is 3.79 Å². The number of rotatable bonds is 1. The number of aromatic nitrogens is 2. The van der Waals surface area contributed by atoms with E-state index >= 15 is 0 Å². The zero-order valence-corrected chi connectivity index (χ0v) is 7.65. The van der Waals surface area contributed by atoms with Gasteiger partial charge in [-0.25, -0.2) is 0 Å². The van der Waals surface area contributed by atoms with Crippen LogP contribution >= 0.6 is 23.3 Å². The normalized spacial score (nSPS) is 10.6. The fourth-order valence-electron chi connectivity index (χ4n) is 0.864. The first-order valence-electron chi connectivity index (χ1n) is 3.22. The first-order valence-corrected chi connectivity index (χ1v) is 5.21. The molecule has 2 rings (SSSR count). The van der Waals surface area contributed by atoms with E-state index in [1.807, 2.05) is 30.7 Å². The molecule has 56 valence electrons. The first-order chi connectivity index (χ1) is 5.40. The minimum Gasteiger partial charge on any atom is -0.139 e. The van der Waals surface area contributed by atoms with Gasteiger partial charge in [-0.15, -0.1) is 3.79 Å². The van der Waals surface area contributed by atoms with Crippen LogP contribution in [0.4, 0.5) is 0 Å². The highest BCUT2D eigenvalue weighted by Gasteiger charge is 2.10. The van der Waals surface area contributed by atoms with Gasteiger partial charge in [-0.05, 0) is 17.3 Å². The van der Waals surface area contributed by atoms with E-state index in [0.717, 1.165) is 9.99 Å². The van der Waals surface area contributed by atoms with E-state index in [1.54, 1.807) is 23.3 Å². The van der Waals surface area contributed by atoms with Crippen molar-refractivity contribution in [3.8, 4) is 0 Å². The second-order valence-electron chi connectivity index (χ2n) is 2.06. The highest BCUT2D eigenvalue weighted by atomic mass is 32.2. The molecule has 2 heterocycles. The van der Waals surface area contributed by atoms with Crippen LogP contribution in [0.3, 0.4) is 0 Å². The summed E-state index contributed by atoms with van der Waals surface area (Å²) in [4.78, 5) is 4.38. The molecule has 0 aliphatic rings. The molecule has 0 fully saturated rings. The number of fused-ring (bicyclic) bond motifs is 1. The molecule has 2 aromatic heterocycles. The van der Waals surface area contributed by atoms with E-state index in [0.29, 0.717) is 0 Å². The van der Waals surface area contributed by atoms with E-state index in [9.17, 15) is 0 Å². The third-order valence-corrected chi connectivity index (χ3v) is 3.28. The van der Waals surface area contributed by atoms with Gasteiger partial charge in [0.15, 0.2) is 0 Å². The van der Waals surface area contributed by atoms with Crippen molar-refractivity contribution in [1.82, 2.24) is 4.98 Å². The van der Waals surface area contributed by atoms with Crippen molar-refractivity contribution in [1.29, 1.82) is 0 Å². The summed E-state index contributed by atoms with van der Waals surface area (Å²) in [5.41, 5.74) is 1.03. The van der Waals surface area contributed by atoms with Crippen LogP contribution in [0, 0.1) is 0 Å². The lowest BCUT2D eigenvalue weighted by molar-refractivity contribution is -0.434. The first kappa shape index (κ1) is 7.06. The molecule has 0 spiro atoms. The largest absolute Gasteiger partial charge is 0.341 e. The van der Waals surface area contributed by atoms with Crippen LogP contribution in [-0.2, 0) is 0 Å². The van der Waals surface area contributed by atoms with Crippen LogP contribution in [0.15, 0.2) is 28.7 Å². The molecule has 0 N–H and O–H groups in total. The maximum Gasteiger partial charge on any atom is 0.341 e. The predicted molar refractivity (Wildman–Crippen MR) is 47.1 cm³/mol. The van der Waals surface area contributed by atoms with E-state index in [1.165, 1.54) is 0 Å². The van der Waals surface area contributed by atoms with Crippen LogP contribution in [0.25, 0.3) is 5.65 Å². The molecule has 2 aromatic rings. The van der Waals surface area contributed by atoms with Crippen molar-refractivity contribution in [2.75, 3.05) is 6.26 Å². The number of nitrogens with zero attached hydrogens (tertiary/aromatic N) is 2. The van der Waals surface area contributed by atoms with Gasteiger partial charge in [-0.2, -0.15) is 0 Å². The average molecular weight is 183 g/mol. The molecule has 0 unspecified atom stereocenters. The molecule has 0 aliphatic heterocycles. The van der Waals surface area contributed by atoms with Gasteiger partial charge < -0.3 is 0 Å². The molecule has 0 saturated heterocycles. The Hall–Kier alpha value is -0.610. The monoisotopic (exact) mass is 183 g/mol. The van der Waals surface area contributed by atoms with E-state index < -0.39 is 0 Å². The van der Waals surface area contributed by atoms with Crippen molar-refractivity contribution in [3.63, 3.8) is 0 Å². The summed E-state index contributed by atoms with van der Waals surface area (Å²) in [5, 5.41) is 0.